The molecular formula is C17H24N4OS. The van der Waals surface area contributed by atoms with E-state index in [1.54, 1.807) is 4.68 Å². The number of fused-ring (bicyclic) bond motifs is 1. The van der Waals surface area contributed by atoms with E-state index >= 15 is 0 Å². The molecule has 1 aliphatic rings. The number of carbonyl (C=O) groups excluding carboxylic acids is 1. The molecule has 5 nitrogen and oxygen atoms in total. The number of aryl methyl sites for hydroxylation is 4. The molecule has 0 atom stereocenters. The third-order valence-electron chi connectivity index (χ3n) is 4.18. The van der Waals surface area contributed by atoms with Crippen molar-refractivity contribution in [3.63, 3.8) is 0 Å². The first-order valence-corrected chi connectivity index (χ1v) is 9.27. The zero-order valence-electron chi connectivity index (χ0n) is 13.9. The Bertz CT molecular complexity index is 665. The van der Waals surface area contributed by atoms with Crippen molar-refractivity contribution in [3.05, 3.63) is 33.0 Å². The van der Waals surface area contributed by atoms with Crippen LogP contribution in [0.3, 0.4) is 0 Å². The van der Waals surface area contributed by atoms with Crippen LogP contribution in [0.5, 0.6) is 0 Å². The number of amides is 1. The Kier molecular flexibility index (Phi) is 5.10. The second kappa shape index (κ2) is 7.25. The fraction of sp³-hybridized carbons (Fsp3) is 0.588. The lowest BCUT2D eigenvalue weighted by atomic mass is 10.0. The van der Waals surface area contributed by atoms with E-state index in [2.05, 4.69) is 17.3 Å². The third kappa shape index (κ3) is 3.80. The Morgan fingerprint density at radius 3 is 2.96 bits per heavy atom. The molecule has 0 spiro atoms. The van der Waals surface area contributed by atoms with E-state index in [1.807, 2.05) is 24.5 Å². The van der Waals surface area contributed by atoms with Gasteiger partial charge in [-0.2, -0.15) is 5.10 Å². The van der Waals surface area contributed by atoms with Gasteiger partial charge in [0.25, 0.3) is 5.91 Å². The first kappa shape index (κ1) is 16.2. The van der Waals surface area contributed by atoms with Gasteiger partial charge in [0.2, 0.25) is 0 Å². The molecule has 1 aliphatic carbocycles. The molecule has 0 saturated carbocycles. The second-order valence-electron chi connectivity index (χ2n) is 6.09. The van der Waals surface area contributed by atoms with Gasteiger partial charge in [0.1, 0.15) is 5.69 Å². The van der Waals surface area contributed by atoms with Gasteiger partial charge in [-0.25, -0.2) is 4.98 Å². The minimum absolute atomic E-state index is 0.0522. The molecule has 0 unspecified atom stereocenters. The van der Waals surface area contributed by atoms with Crippen molar-refractivity contribution in [3.8, 4) is 0 Å². The SMILES string of the molecule is CCCc1cc(C(=O)NCCc2nc3c(s2)CCCC3)n(C)n1. The molecular weight excluding hydrogens is 308 g/mol. The largest absolute Gasteiger partial charge is 0.350 e. The average molecular weight is 332 g/mol. The summed E-state index contributed by atoms with van der Waals surface area (Å²) in [7, 11) is 1.82. The molecule has 0 aliphatic heterocycles. The number of hydrogen-bond acceptors (Lipinski definition) is 4. The smallest absolute Gasteiger partial charge is 0.269 e. The Labute approximate surface area is 141 Å². The fourth-order valence-corrected chi connectivity index (χ4v) is 4.16. The highest BCUT2D eigenvalue weighted by Gasteiger charge is 2.16. The van der Waals surface area contributed by atoms with E-state index in [0.717, 1.165) is 36.4 Å². The molecule has 0 bridgehead atoms. The van der Waals surface area contributed by atoms with Crippen molar-refractivity contribution in [1.29, 1.82) is 0 Å². The minimum atomic E-state index is -0.0522. The number of nitrogens with zero attached hydrogens (tertiary/aromatic N) is 3. The maximum Gasteiger partial charge on any atom is 0.269 e. The van der Waals surface area contributed by atoms with Crippen LogP contribution in [-0.4, -0.2) is 27.2 Å². The van der Waals surface area contributed by atoms with Crippen LogP contribution in [0.15, 0.2) is 6.07 Å². The molecule has 0 fully saturated rings. The van der Waals surface area contributed by atoms with Gasteiger partial charge in [-0.1, -0.05) is 13.3 Å². The molecule has 0 saturated heterocycles. The number of aromatic nitrogens is 3. The van der Waals surface area contributed by atoms with Gasteiger partial charge in [0, 0.05) is 24.9 Å². The van der Waals surface area contributed by atoms with Crippen LogP contribution >= 0.6 is 11.3 Å². The summed E-state index contributed by atoms with van der Waals surface area (Å²) in [5, 5.41) is 8.52. The Morgan fingerprint density at radius 2 is 2.17 bits per heavy atom. The van der Waals surface area contributed by atoms with Gasteiger partial charge in [-0.3, -0.25) is 9.48 Å². The third-order valence-corrected chi connectivity index (χ3v) is 5.40. The highest BCUT2D eigenvalue weighted by atomic mass is 32.1. The van der Waals surface area contributed by atoms with Gasteiger partial charge in [-0.15, -0.1) is 11.3 Å². The molecule has 3 rings (SSSR count). The number of thiazole rings is 1. The molecule has 124 valence electrons. The van der Waals surface area contributed by atoms with E-state index in [4.69, 9.17) is 4.98 Å². The summed E-state index contributed by atoms with van der Waals surface area (Å²) in [6, 6.07) is 1.89. The lowest BCUT2D eigenvalue weighted by molar-refractivity contribution is 0.0944. The summed E-state index contributed by atoms with van der Waals surface area (Å²) in [5.41, 5.74) is 2.90. The zero-order valence-corrected chi connectivity index (χ0v) is 14.7. The van der Waals surface area contributed by atoms with E-state index in [0.29, 0.717) is 12.2 Å². The summed E-state index contributed by atoms with van der Waals surface area (Å²) in [5.74, 6) is -0.0522. The van der Waals surface area contributed by atoms with Crippen LogP contribution in [0.1, 0.15) is 57.9 Å². The van der Waals surface area contributed by atoms with E-state index in [9.17, 15) is 4.79 Å². The number of nitrogens with one attached hydrogen (secondary N) is 1. The Balaban J connectivity index is 1.54. The molecule has 2 aromatic heterocycles. The molecule has 2 heterocycles. The van der Waals surface area contributed by atoms with E-state index < -0.39 is 0 Å². The average Bonchev–Trinajstić information content (AvgIpc) is 3.10. The second-order valence-corrected chi connectivity index (χ2v) is 7.25. The lowest BCUT2D eigenvalue weighted by Gasteiger charge is -2.06. The van der Waals surface area contributed by atoms with Crippen molar-refractivity contribution in [2.75, 3.05) is 6.54 Å². The monoisotopic (exact) mass is 332 g/mol. The maximum atomic E-state index is 12.3. The maximum absolute atomic E-state index is 12.3. The van der Waals surface area contributed by atoms with Crippen LogP contribution in [-0.2, 0) is 32.7 Å². The van der Waals surface area contributed by atoms with Gasteiger partial charge in [0.15, 0.2) is 0 Å². The molecule has 1 N–H and O–H groups in total. The van der Waals surface area contributed by atoms with Crippen molar-refractivity contribution >= 4 is 17.2 Å². The Hall–Kier alpha value is -1.69. The molecule has 6 heteroatoms. The summed E-state index contributed by atoms with van der Waals surface area (Å²) < 4.78 is 1.67. The van der Waals surface area contributed by atoms with Crippen molar-refractivity contribution in [1.82, 2.24) is 20.1 Å². The minimum Gasteiger partial charge on any atom is -0.350 e. The summed E-state index contributed by atoms with van der Waals surface area (Å²) in [4.78, 5) is 18.4. The van der Waals surface area contributed by atoms with Crippen LogP contribution < -0.4 is 5.32 Å². The standard InChI is InChI=1S/C17H24N4OS/c1-3-6-12-11-14(21(2)20-12)17(22)18-10-9-16-19-13-7-4-5-8-15(13)23-16/h11H,3-10H2,1-2H3,(H,18,22). The van der Waals surface area contributed by atoms with Crippen molar-refractivity contribution in [2.24, 2.45) is 7.05 Å². The van der Waals surface area contributed by atoms with Gasteiger partial charge in [0.05, 0.1) is 16.4 Å². The Morgan fingerprint density at radius 1 is 1.35 bits per heavy atom. The van der Waals surface area contributed by atoms with Crippen LogP contribution in [0, 0.1) is 0 Å². The molecule has 0 radical (unpaired) electrons. The fourth-order valence-electron chi connectivity index (χ4n) is 3.00. The first-order valence-electron chi connectivity index (χ1n) is 8.46. The van der Waals surface area contributed by atoms with Gasteiger partial charge in [-0.05, 0) is 38.2 Å². The number of rotatable bonds is 6. The van der Waals surface area contributed by atoms with Crippen molar-refractivity contribution in [2.45, 2.75) is 51.9 Å². The van der Waals surface area contributed by atoms with Crippen LogP contribution in [0.2, 0.25) is 0 Å². The predicted octanol–water partition coefficient (Wildman–Crippen LogP) is 2.68. The molecule has 0 aromatic carbocycles. The van der Waals surface area contributed by atoms with Crippen LogP contribution in [0.25, 0.3) is 0 Å². The topological polar surface area (TPSA) is 59.8 Å². The van der Waals surface area contributed by atoms with E-state index in [-0.39, 0.29) is 5.91 Å². The van der Waals surface area contributed by atoms with Crippen molar-refractivity contribution < 1.29 is 4.79 Å². The molecule has 2 aromatic rings. The van der Waals surface area contributed by atoms with E-state index in [1.165, 1.54) is 29.8 Å². The summed E-state index contributed by atoms with van der Waals surface area (Å²) in [6.45, 7) is 2.74. The highest BCUT2D eigenvalue weighted by Crippen LogP contribution is 2.26. The molecule has 1 amide bonds. The van der Waals surface area contributed by atoms with Crippen LogP contribution in [0.4, 0.5) is 0 Å². The summed E-state index contributed by atoms with van der Waals surface area (Å²) in [6.07, 6.45) is 7.59. The molecule has 23 heavy (non-hydrogen) atoms. The van der Waals surface area contributed by atoms with Gasteiger partial charge < -0.3 is 5.32 Å². The normalized spacial score (nSPS) is 13.8. The highest BCUT2D eigenvalue weighted by molar-refractivity contribution is 7.11. The number of hydrogen-bond donors (Lipinski definition) is 1. The lowest BCUT2D eigenvalue weighted by Crippen LogP contribution is -2.27. The van der Waals surface area contributed by atoms with Gasteiger partial charge >= 0.3 is 0 Å². The zero-order chi connectivity index (χ0) is 16.2. The quantitative estimate of drug-likeness (QED) is 0.885. The first-order chi connectivity index (χ1) is 11.2. The number of carbonyl (C=O) groups is 1. The summed E-state index contributed by atoms with van der Waals surface area (Å²) >= 11 is 1.82. The predicted molar refractivity (Wildman–Crippen MR) is 92.0 cm³/mol.